The van der Waals surface area contributed by atoms with Crippen LogP contribution in [0.4, 0.5) is 0 Å². The third-order valence-electron chi connectivity index (χ3n) is 6.88. The Morgan fingerprint density at radius 3 is 2.29 bits per heavy atom. The van der Waals surface area contributed by atoms with E-state index in [1.165, 1.54) is 0 Å². The molecule has 6 nitrogen and oxygen atoms in total. The largest absolute Gasteiger partial charge is 0.493 e. The SMILES string of the molecule is COc1cc([C@H]2C3CCCCC3(O)CCN2C(=O)c2ccccc2)cc(OC)c1OC. The fourth-order valence-corrected chi connectivity index (χ4v) is 5.34. The summed E-state index contributed by atoms with van der Waals surface area (Å²) in [7, 11) is 4.75. The van der Waals surface area contributed by atoms with Crippen LogP contribution in [0.5, 0.6) is 17.2 Å². The lowest BCUT2D eigenvalue weighted by atomic mass is 9.66. The summed E-state index contributed by atoms with van der Waals surface area (Å²) in [6, 6.07) is 12.9. The van der Waals surface area contributed by atoms with Gasteiger partial charge in [0.25, 0.3) is 5.91 Å². The molecule has 1 saturated heterocycles. The van der Waals surface area contributed by atoms with Crippen LogP contribution in [0.1, 0.15) is 54.1 Å². The zero-order chi connectivity index (χ0) is 22.0. The first kappa shape index (κ1) is 21.5. The third kappa shape index (κ3) is 3.85. The smallest absolute Gasteiger partial charge is 0.254 e. The minimum absolute atomic E-state index is 0.0213. The monoisotopic (exact) mass is 425 g/mol. The number of carbonyl (C=O) groups excluding carboxylic acids is 1. The van der Waals surface area contributed by atoms with Gasteiger partial charge in [-0.05, 0) is 49.1 Å². The molecule has 0 aromatic heterocycles. The second-order valence-corrected chi connectivity index (χ2v) is 8.47. The van der Waals surface area contributed by atoms with Gasteiger partial charge in [-0.2, -0.15) is 0 Å². The summed E-state index contributed by atoms with van der Waals surface area (Å²) in [4.78, 5) is 15.5. The van der Waals surface area contributed by atoms with Gasteiger partial charge in [-0.3, -0.25) is 4.79 Å². The topological polar surface area (TPSA) is 68.2 Å². The number of amides is 1. The average Bonchev–Trinajstić information content (AvgIpc) is 2.82. The molecule has 1 saturated carbocycles. The van der Waals surface area contributed by atoms with Gasteiger partial charge >= 0.3 is 0 Å². The first-order valence-electron chi connectivity index (χ1n) is 10.9. The minimum atomic E-state index is -0.767. The third-order valence-corrected chi connectivity index (χ3v) is 6.88. The molecule has 0 bridgehead atoms. The van der Waals surface area contributed by atoms with Crippen molar-refractivity contribution in [2.45, 2.75) is 43.7 Å². The summed E-state index contributed by atoms with van der Waals surface area (Å²) < 4.78 is 16.7. The highest BCUT2D eigenvalue weighted by Crippen LogP contribution is 2.51. The maximum Gasteiger partial charge on any atom is 0.254 e. The van der Waals surface area contributed by atoms with Crippen molar-refractivity contribution < 1.29 is 24.1 Å². The number of ether oxygens (including phenoxy) is 3. The van der Waals surface area contributed by atoms with Crippen LogP contribution >= 0.6 is 0 Å². The van der Waals surface area contributed by atoms with Gasteiger partial charge in [-0.15, -0.1) is 0 Å². The Labute approximate surface area is 183 Å². The van der Waals surface area contributed by atoms with Crippen LogP contribution in [0.2, 0.25) is 0 Å². The number of hydrogen-bond acceptors (Lipinski definition) is 5. The lowest BCUT2D eigenvalue weighted by Crippen LogP contribution is -2.56. The molecule has 2 fully saturated rings. The highest BCUT2D eigenvalue weighted by molar-refractivity contribution is 5.94. The number of fused-ring (bicyclic) bond motifs is 1. The lowest BCUT2D eigenvalue weighted by Gasteiger charge is -2.52. The van der Waals surface area contributed by atoms with E-state index >= 15 is 0 Å². The Morgan fingerprint density at radius 1 is 1.00 bits per heavy atom. The van der Waals surface area contributed by atoms with E-state index in [0.29, 0.717) is 35.8 Å². The molecular weight excluding hydrogens is 394 g/mol. The molecular formula is C25H31NO5. The van der Waals surface area contributed by atoms with Crippen LogP contribution in [0.15, 0.2) is 42.5 Å². The Morgan fingerprint density at radius 2 is 1.68 bits per heavy atom. The lowest BCUT2D eigenvalue weighted by molar-refractivity contribution is -0.115. The summed E-state index contributed by atoms with van der Waals surface area (Å²) in [5.74, 6) is 1.55. The van der Waals surface area contributed by atoms with Crippen LogP contribution in [-0.2, 0) is 0 Å². The summed E-state index contributed by atoms with van der Waals surface area (Å²) in [5.41, 5.74) is 0.779. The first-order chi connectivity index (χ1) is 15.0. The number of methoxy groups -OCH3 is 3. The minimum Gasteiger partial charge on any atom is -0.493 e. The van der Waals surface area contributed by atoms with Gasteiger partial charge < -0.3 is 24.2 Å². The van der Waals surface area contributed by atoms with Crippen molar-refractivity contribution in [2.24, 2.45) is 5.92 Å². The van der Waals surface area contributed by atoms with E-state index in [0.717, 1.165) is 31.2 Å². The molecule has 1 aliphatic carbocycles. The van der Waals surface area contributed by atoms with Crippen molar-refractivity contribution in [1.29, 1.82) is 0 Å². The Balaban J connectivity index is 1.83. The number of likely N-dealkylation sites (tertiary alicyclic amines) is 1. The number of piperidine rings is 1. The molecule has 2 unspecified atom stereocenters. The summed E-state index contributed by atoms with van der Waals surface area (Å²) in [6.45, 7) is 0.502. The summed E-state index contributed by atoms with van der Waals surface area (Å²) in [6.07, 6.45) is 4.29. The van der Waals surface area contributed by atoms with Crippen molar-refractivity contribution in [3.63, 3.8) is 0 Å². The zero-order valence-corrected chi connectivity index (χ0v) is 18.5. The van der Waals surface area contributed by atoms with Gasteiger partial charge in [0.1, 0.15) is 0 Å². The number of hydrogen-bond donors (Lipinski definition) is 1. The maximum atomic E-state index is 13.6. The number of benzene rings is 2. The molecule has 2 aromatic rings. The van der Waals surface area contributed by atoms with Crippen LogP contribution in [0.3, 0.4) is 0 Å². The second-order valence-electron chi connectivity index (χ2n) is 8.47. The maximum absolute atomic E-state index is 13.6. The molecule has 1 aliphatic heterocycles. The molecule has 4 rings (SSSR count). The van der Waals surface area contributed by atoms with E-state index in [1.807, 2.05) is 47.4 Å². The summed E-state index contributed by atoms with van der Waals surface area (Å²) >= 11 is 0. The van der Waals surface area contributed by atoms with E-state index in [9.17, 15) is 9.90 Å². The quantitative estimate of drug-likeness (QED) is 0.777. The predicted molar refractivity (Wildman–Crippen MR) is 118 cm³/mol. The van der Waals surface area contributed by atoms with Crippen LogP contribution in [0, 0.1) is 5.92 Å². The van der Waals surface area contributed by atoms with E-state index in [-0.39, 0.29) is 17.9 Å². The molecule has 2 aliphatic rings. The van der Waals surface area contributed by atoms with Crippen molar-refractivity contribution in [1.82, 2.24) is 4.90 Å². The Hall–Kier alpha value is -2.73. The number of carbonyl (C=O) groups is 1. The molecule has 1 N–H and O–H groups in total. The normalized spacial score (nSPS) is 25.5. The van der Waals surface area contributed by atoms with Gasteiger partial charge in [0.15, 0.2) is 11.5 Å². The second kappa shape index (κ2) is 8.79. The van der Waals surface area contributed by atoms with E-state index in [2.05, 4.69) is 0 Å². The van der Waals surface area contributed by atoms with Crippen molar-refractivity contribution in [3.8, 4) is 17.2 Å². The van der Waals surface area contributed by atoms with Crippen molar-refractivity contribution >= 4 is 5.91 Å². The van der Waals surface area contributed by atoms with Crippen LogP contribution in [0.25, 0.3) is 0 Å². The highest BCUT2D eigenvalue weighted by Gasteiger charge is 2.50. The molecule has 6 heteroatoms. The van der Waals surface area contributed by atoms with Gasteiger partial charge in [0.2, 0.25) is 5.75 Å². The molecule has 0 spiro atoms. The van der Waals surface area contributed by atoms with Gasteiger partial charge in [-0.1, -0.05) is 31.0 Å². The van der Waals surface area contributed by atoms with Crippen molar-refractivity contribution in [2.75, 3.05) is 27.9 Å². The van der Waals surface area contributed by atoms with E-state index in [1.54, 1.807) is 21.3 Å². The van der Waals surface area contributed by atoms with Crippen LogP contribution < -0.4 is 14.2 Å². The number of aliphatic hydroxyl groups is 1. The molecule has 1 heterocycles. The van der Waals surface area contributed by atoms with Gasteiger partial charge in [0, 0.05) is 18.0 Å². The Kier molecular flexibility index (Phi) is 6.10. The highest BCUT2D eigenvalue weighted by atomic mass is 16.5. The molecule has 3 atom stereocenters. The fraction of sp³-hybridized carbons (Fsp3) is 0.480. The molecule has 0 radical (unpaired) electrons. The molecule has 31 heavy (non-hydrogen) atoms. The Bertz CT molecular complexity index is 906. The van der Waals surface area contributed by atoms with Crippen LogP contribution in [-0.4, -0.2) is 49.4 Å². The number of nitrogens with zero attached hydrogens (tertiary/aromatic N) is 1. The first-order valence-corrected chi connectivity index (χ1v) is 10.9. The molecule has 2 aromatic carbocycles. The standard InChI is InChI=1S/C25H31NO5/c1-29-20-15-18(16-21(30-2)23(20)31-3)22-19-11-7-8-12-25(19,28)13-14-26(22)24(27)17-9-5-4-6-10-17/h4-6,9-10,15-16,19,22,28H,7-8,11-14H2,1-3H3/t19?,22-,25?/m0/s1. The van der Waals surface area contributed by atoms with E-state index in [4.69, 9.17) is 14.2 Å². The zero-order valence-electron chi connectivity index (χ0n) is 18.5. The molecule has 1 amide bonds. The summed E-state index contributed by atoms with van der Waals surface area (Å²) in [5, 5.41) is 11.5. The van der Waals surface area contributed by atoms with Crippen molar-refractivity contribution in [3.05, 3.63) is 53.6 Å². The van der Waals surface area contributed by atoms with Gasteiger partial charge in [0.05, 0.1) is 33.0 Å². The predicted octanol–water partition coefficient (Wildman–Crippen LogP) is 4.22. The molecule has 166 valence electrons. The van der Waals surface area contributed by atoms with Gasteiger partial charge in [-0.25, -0.2) is 0 Å². The fourth-order valence-electron chi connectivity index (χ4n) is 5.34. The number of rotatable bonds is 5. The average molecular weight is 426 g/mol. The van der Waals surface area contributed by atoms with E-state index < -0.39 is 5.60 Å².